The summed E-state index contributed by atoms with van der Waals surface area (Å²) in [4.78, 5) is 11.8. The highest BCUT2D eigenvalue weighted by Gasteiger charge is 2.13. The van der Waals surface area contributed by atoms with Crippen molar-refractivity contribution in [3.8, 4) is 0 Å². The number of methoxy groups -OCH3 is 1. The molecular formula is C13H17FO2. The summed E-state index contributed by atoms with van der Waals surface area (Å²) in [6.45, 7) is 2.46. The van der Waals surface area contributed by atoms with E-state index in [9.17, 15) is 9.18 Å². The number of ketones is 1. The number of rotatable bonds is 6. The first kappa shape index (κ1) is 12.8. The van der Waals surface area contributed by atoms with Gasteiger partial charge in [-0.15, -0.1) is 0 Å². The minimum absolute atomic E-state index is 0.0387. The van der Waals surface area contributed by atoms with Crippen molar-refractivity contribution in [2.75, 3.05) is 13.7 Å². The fourth-order valence-electron chi connectivity index (χ4n) is 1.48. The molecule has 0 spiro atoms. The van der Waals surface area contributed by atoms with Gasteiger partial charge in [-0.3, -0.25) is 4.79 Å². The van der Waals surface area contributed by atoms with E-state index in [-0.39, 0.29) is 17.5 Å². The summed E-state index contributed by atoms with van der Waals surface area (Å²) >= 11 is 0. The van der Waals surface area contributed by atoms with Crippen molar-refractivity contribution in [1.29, 1.82) is 0 Å². The normalized spacial score (nSPS) is 12.4. The number of benzene rings is 1. The smallest absolute Gasteiger partial charge is 0.140 e. The Morgan fingerprint density at radius 1 is 1.50 bits per heavy atom. The number of Topliss-reactive ketones (excluding diaryl/α,β-unsaturated/α-hetero) is 1. The zero-order chi connectivity index (χ0) is 12.0. The Balaban J connectivity index is 2.50. The highest BCUT2D eigenvalue weighted by Crippen LogP contribution is 2.10. The maximum Gasteiger partial charge on any atom is 0.140 e. The van der Waals surface area contributed by atoms with Crippen LogP contribution in [-0.2, 0) is 16.0 Å². The third-order valence-corrected chi connectivity index (χ3v) is 2.57. The molecule has 0 amide bonds. The molecule has 0 aliphatic carbocycles. The van der Waals surface area contributed by atoms with Crippen LogP contribution in [0.5, 0.6) is 0 Å². The quantitative estimate of drug-likeness (QED) is 0.742. The highest BCUT2D eigenvalue weighted by molar-refractivity contribution is 5.82. The maximum atomic E-state index is 12.9. The van der Waals surface area contributed by atoms with Crippen molar-refractivity contribution in [3.05, 3.63) is 35.6 Å². The van der Waals surface area contributed by atoms with Crippen molar-refractivity contribution >= 4 is 5.78 Å². The summed E-state index contributed by atoms with van der Waals surface area (Å²) in [5.74, 6) is -0.208. The van der Waals surface area contributed by atoms with Crippen LogP contribution in [0.2, 0.25) is 0 Å². The Hall–Kier alpha value is -1.22. The summed E-state index contributed by atoms with van der Waals surface area (Å²) in [5.41, 5.74) is 0.731. The number of carbonyl (C=O) groups is 1. The molecule has 0 saturated heterocycles. The van der Waals surface area contributed by atoms with Crippen LogP contribution in [0.15, 0.2) is 24.3 Å². The Kier molecular flexibility index (Phi) is 5.12. The van der Waals surface area contributed by atoms with Gasteiger partial charge < -0.3 is 4.74 Å². The topological polar surface area (TPSA) is 26.3 Å². The number of halogens is 1. The monoisotopic (exact) mass is 224 g/mol. The van der Waals surface area contributed by atoms with Gasteiger partial charge in [0.1, 0.15) is 11.6 Å². The van der Waals surface area contributed by atoms with Gasteiger partial charge in [-0.05, 0) is 24.1 Å². The minimum Gasteiger partial charge on any atom is -0.385 e. The number of hydrogen-bond donors (Lipinski definition) is 0. The van der Waals surface area contributed by atoms with Crippen molar-refractivity contribution in [2.45, 2.75) is 19.8 Å². The van der Waals surface area contributed by atoms with Crippen molar-refractivity contribution < 1.29 is 13.9 Å². The molecule has 0 saturated carbocycles. The van der Waals surface area contributed by atoms with E-state index >= 15 is 0 Å². The SMILES string of the molecule is COCCC(C)C(=O)Cc1cccc(F)c1. The zero-order valence-corrected chi connectivity index (χ0v) is 9.70. The number of ether oxygens (including phenoxy) is 1. The molecule has 0 aliphatic heterocycles. The molecule has 0 N–H and O–H groups in total. The highest BCUT2D eigenvalue weighted by atomic mass is 19.1. The lowest BCUT2D eigenvalue weighted by Crippen LogP contribution is -2.15. The first-order valence-electron chi connectivity index (χ1n) is 5.39. The van der Waals surface area contributed by atoms with Crippen LogP contribution in [0.1, 0.15) is 18.9 Å². The molecule has 1 atom stereocenters. The molecule has 1 aromatic carbocycles. The van der Waals surface area contributed by atoms with Gasteiger partial charge in [-0.1, -0.05) is 19.1 Å². The Labute approximate surface area is 95.4 Å². The second-order valence-corrected chi connectivity index (χ2v) is 3.96. The summed E-state index contributed by atoms with van der Waals surface area (Å²) < 4.78 is 17.8. The van der Waals surface area contributed by atoms with Gasteiger partial charge in [0, 0.05) is 26.1 Å². The van der Waals surface area contributed by atoms with E-state index < -0.39 is 0 Å². The van der Waals surface area contributed by atoms with E-state index in [1.54, 1.807) is 19.2 Å². The summed E-state index contributed by atoms with van der Waals surface area (Å²) in [7, 11) is 1.61. The number of hydrogen-bond acceptors (Lipinski definition) is 2. The summed E-state index contributed by atoms with van der Waals surface area (Å²) in [5, 5.41) is 0. The largest absolute Gasteiger partial charge is 0.385 e. The Morgan fingerprint density at radius 2 is 2.25 bits per heavy atom. The van der Waals surface area contributed by atoms with E-state index in [0.717, 1.165) is 5.56 Å². The molecular weight excluding hydrogens is 207 g/mol. The molecule has 1 unspecified atom stereocenters. The van der Waals surface area contributed by atoms with Crippen molar-refractivity contribution in [3.63, 3.8) is 0 Å². The first-order chi connectivity index (χ1) is 7.63. The van der Waals surface area contributed by atoms with E-state index in [1.807, 2.05) is 6.92 Å². The molecule has 0 bridgehead atoms. The van der Waals surface area contributed by atoms with E-state index in [1.165, 1.54) is 12.1 Å². The lowest BCUT2D eigenvalue weighted by Gasteiger charge is -2.09. The molecule has 16 heavy (non-hydrogen) atoms. The van der Waals surface area contributed by atoms with Crippen molar-refractivity contribution in [2.24, 2.45) is 5.92 Å². The van der Waals surface area contributed by atoms with Crippen LogP contribution >= 0.6 is 0 Å². The fourth-order valence-corrected chi connectivity index (χ4v) is 1.48. The molecule has 0 aromatic heterocycles. The molecule has 0 heterocycles. The van der Waals surface area contributed by atoms with Gasteiger partial charge in [0.15, 0.2) is 0 Å². The molecule has 1 rings (SSSR count). The molecule has 3 heteroatoms. The molecule has 1 aromatic rings. The molecule has 0 fully saturated rings. The minimum atomic E-state index is -0.296. The van der Waals surface area contributed by atoms with Gasteiger partial charge in [0.05, 0.1) is 0 Å². The van der Waals surface area contributed by atoms with E-state index in [2.05, 4.69) is 0 Å². The molecule has 88 valence electrons. The predicted molar refractivity (Wildman–Crippen MR) is 60.8 cm³/mol. The van der Waals surface area contributed by atoms with Crippen LogP contribution < -0.4 is 0 Å². The van der Waals surface area contributed by atoms with Gasteiger partial charge in [-0.2, -0.15) is 0 Å². The van der Waals surface area contributed by atoms with E-state index in [4.69, 9.17) is 4.74 Å². The second-order valence-electron chi connectivity index (χ2n) is 3.96. The Bertz CT molecular complexity index is 350. The predicted octanol–water partition coefficient (Wildman–Crippen LogP) is 2.61. The molecule has 2 nitrogen and oxygen atoms in total. The van der Waals surface area contributed by atoms with Gasteiger partial charge in [0.25, 0.3) is 0 Å². The first-order valence-corrected chi connectivity index (χ1v) is 5.39. The average Bonchev–Trinajstić information content (AvgIpc) is 2.25. The van der Waals surface area contributed by atoms with Crippen LogP contribution in [0.3, 0.4) is 0 Å². The zero-order valence-electron chi connectivity index (χ0n) is 9.70. The third kappa shape index (κ3) is 4.11. The Morgan fingerprint density at radius 3 is 2.88 bits per heavy atom. The maximum absolute atomic E-state index is 12.9. The lowest BCUT2D eigenvalue weighted by atomic mass is 9.97. The summed E-state index contributed by atoms with van der Waals surface area (Å²) in [6.07, 6.45) is 1.01. The average molecular weight is 224 g/mol. The molecule has 0 radical (unpaired) electrons. The van der Waals surface area contributed by atoms with Crippen LogP contribution in [0.25, 0.3) is 0 Å². The van der Waals surface area contributed by atoms with E-state index in [0.29, 0.717) is 19.4 Å². The third-order valence-electron chi connectivity index (χ3n) is 2.57. The number of carbonyl (C=O) groups excluding carboxylic acids is 1. The van der Waals surface area contributed by atoms with Crippen LogP contribution in [0, 0.1) is 11.7 Å². The van der Waals surface area contributed by atoms with Gasteiger partial charge in [-0.25, -0.2) is 4.39 Å². The molecule has 0 aliphatic rings. The second kappa shape index (κ2) is 6.38. The van der Waals surface area contributed by atoms with Crippen LogP contribution in [-0.4, -0.2) is 19.5 Å². The standard InChI is InChI=1S/C13H17FO2/c1-10(6-7-16-2)13(15)9-11-4-3-5-12(14)8-11/h3-5,8,10H,6-7,9H2,1-2H3. The van der Waals surface area contributed by atoms with Crippen LogP contribution in [0.4, 0.5) is 4.39 Å². The van der Waals surface area contributed by atoms with Crippen molar-refractivity contribution in [1.82, 2.24) is 0 Å². The summed E-state index contributed by atoms with van der Waals surface area (Å²) in [6, 6.07) is 6.17. The fraction of sp³-hybridized carbons (Fsp3) is 0.462. The lowest BCUT2D eigenvalue weighted by molar-refractivity contribution is -0.122. The van der Waals surface area contributed by atoms with Gasteiger partial charge in [0.2, 0.25) is 0 Å². The van der Waals surface area contributed by atoms with Gasteiger partial charge >= 0.3 is 0 Å².